The number of fused-ring (bicyclic) bond motifs is 1. The first-order valence-electron chi connectivity index (χ1n) is 21.6. The summed E-state index contributed by atoms with van der Waals surface area (Å²) in [6.07, 6.45) is 7.93. The van der Waals surface area contributed by atoms with Crippen LogP contribution in [-0.2, 0) is 14.8 Å². The molecule has 1 aliphatic carbocycles. The third kappa shape index (κ3) is 10.4. The number of H-pyrrole nitrogens is 1. The number of nitro groups is 1. The number of halogens is 1. The Morgan fingerprint density at radius 1 is 0.984 bits per heavy atom. The molecule has 2 aliphatic heterocycles. The van der Waals surface area contributed by atoms with Crippen LogP contribution in [0, 0.1) is 21.4 Å². The van der Waals surface area contributed by atoms with Gasteiger partial charge < -0.3 is 24.8 Å². The number of rotatable bonds is 13. The van der Waals surface area contributed by atoms with E-state index in [1.165, 1.54) is 48.0 Å². The van der Waals surface area contributed by atoms with Gasteiger partial charge >= 0.3 is 0 Å². The molecule has 0 unspecified atom stereocenters. The van der Waals surface area contributed by atoms with Crippen molar-refractivity contribution in [2.24, 2.45) is 11.3 Å². The number of anilines is 2. The van der Waals surface area contributed by atoms with E-state index in [0.717, 1.165) is 73.9 Å². The van der Waals surface area contributed by atoms with Gasteiger partial charge in [0.15, 0.2) is 0 Å². The number of nitrogens with one attached hydrogen (secondary N) is 3. The molecule has 0 radical (unpaired) electrons. The number of benzene rings is 3. The highest BCUT2D eigenvalue weighted by Gasteiger charge is 2.31. The maximum atomic E-state index is 14.0. The number of sulfonamides is 1. The van der Waals surface area contributed by atoms with Crippen LogP contribution in [0.4, 0.5) is 17.1 Å². The number of ether oxygens (including phenoxy) is 1. The summed E-state index contributed by atoms with van der Waals surface area (Å²) in [5.41, 5.74) is 5.42. The van der Waals surface area contributed by atoms with Crippen LogP contribution in [0.15, 0.2) is 95.7 Å². The Hall–Kier alpha value is -5.97. The van der Waals surface area contributed by atoms with E-state index >= 15 is 0 Å². The predicted molar refractivity (Wildman–Crippen MR) is 248 cm³/mol. The lowest BCUT2D eigenvalue weighted by Gasteiger charge is -2.39. The van der Waals surface area contributed by atoms with E-state index in [0.29, 0.717) is 44.1 Å². The molecule has 5 aromatic rings. The van der Waals surface area contributed by atoms with Gasteiger partial charge in [-0.1, -0.05) is 43.2 Å². The Morgan fingerprint density at radius 2 is 1.73 bits per heavy atom. The highest BCUT2D eigenvalue weighted by molar-refractivity contribution is 7.90. The minimum Gasteiger partial charge on any atom is -0.455 e. The summed E-state index contributed by atoms with van der Waals surface area (Å²) in [6, 6.07) is 20.3. The highest BCUT2D eigenvalue weighted by atomic mass is 35.5. The number of hydrogen-bond donors (Lipinski definition) is 3. The van der Waals surface area contributed by atoms with Gasteiger partial charge in [0.25, 0.3) is 21.6 Å². The van der Waals surface area contributed by atoms with Crippen molar-refractivity contribution in [3.63, 3.8) is 0 Å². The van der Waals surface area contributed by atoms with Crippen LogP contribution in [0.3, 0.4) is 0 Å². The second-order valence-corrected chi connectivity index (χ2v) is 19.9. The second kappa shape index (κ2) is 18.6. The van der Waals surface area contributed by atoms with Crippen molar-refractivity contribution in [3.05, 3.63) is 117 Å². The monoisotopic (exact) mass is 908 g/mol. The molecule has 64 heavy (non-hydrogen) atoms. The Morgan fingerprint density at radius 3 is 2.45 bits per heavy atom. The summed E-state index contributed by atoms with van der Waals surface area (Å²) < 4.78 is 35.9. The molecule has 3 aliphatic rings. The van der Waals surface area contributed by atoms with Crippen molar-refractivity contribution < 1.29 is 27.7 Å². The maximum absolute atomic E-state index is 14.0. The van der Waals surface area contributed by atoms with Crippen molar-refractivity contribution in [1.82, 2.24) is 24.5 Å². The van der Waals surface area contributed by atoms with Gasteiger partial charge in [-0.25, -0.2) is 18.1 Å². The van der Waals surface area contributed by atoms with Gasteiger partial charge in [0.05, 0.1) is 21.6 Å². The van der Waals surface area contributed by atoms with Gasteiger partial charge in [0, 0.05) is 93.7 Å². The molecular formula is C47H53ClN8O7S. The molecule has 336 valence electrons. The zero-order chi connectivity index (χ0) is 45.2. The number of amides is 2. The van der Waals surface area contributed by atoms with Crippen molar-refractivity contribution in [3.8, 4) is 11.5 Å². The number of carbonyl (C=O) groups is 2. The molecule has 4 heterocycles. The van der Waals surface area contributed by atoms with Crippen LogP contribution in [0.5, 0.6) is 11.5 Å². The van der Waals surface area contributed by atoms with Gasteiger partial charge in [-0.3, -0.25) is 24.6 Å². The molecule has 17 heteroatoms. The molecule has 2 amide bonds. The number of nitro benzene ring substituents is 1. The summed E-state index contributed by atoms with van der Waals surface area (Å²) in [5, 5.41) is 16.8. The van der Waals surface area contributed by atoms with Crippen LogP contribution in [0.2, 0.25) is 5.02 Å². The SMILES string of the molecule is CC(=O)N1CCC(CNc2ccc(S(=O)(=O)NC(=O)c3ccc(N4CCN(CC5=C(c6ccc(Cl)cc6)CC(C)(C)CC5)CC4)cc3Oc3cnc4[nH]ccc4c3)cc2[N+](=O)[O-])CC1. The van der Waals surface area contributed by atoms with Crippen LogP contribution in [-0.4, -0.2) is 97.3 Å². The minimum atomic E-state index is -4.59. The number of allylic oxidation sites excluding steroid dienone is 1. The predicted octanol–water partition coefficient (Wildman–Crippen LogP) is 8.49. The number of piperazine rings is 1. The van der Waals surface area contributed by atoms with Gasteiger partial charge in [0.2, 0.25) is 5.91 Å². The molecule has 2 saturated heterocycles. The first kappa shape index (κ1) is 44.6. The van der Waals surface area contributed by atoms with Crippen LogP contribution in [0.1, 0.15) is 68.8 Å². The average Bonchev–Trinajstić information content (AvgIpc) is 3.75. The fourth-order valence-electron chi connectivity index (χ4n) is 8.90. The van der Waals surface area contributed by atoms with Gasteiger partial charge in [-0.15, -0.1) is 0 Å². The van der Waals surface area contributed by atoms with Crippen LogP contribution < -0.4 is 19.7 Å². The summed E-state index contributed by atoms with van der Waals surface area (Å²) in [6.45, 7) is 11.8. The third-order valence-corrected chi connectivity index (χ3v) is 14.3. The molecule has 0 atom stereocenters. The standard InChI is InChI=1S/C47H53ClN8O7S/c1-31(57)54-18-14-32(15-19-54)28-50-42-11-9-39(26-43(42)56(59)60)64(61,62)52-46(58)40-10-8-37(25-44(40)63-38-24-34-13-17-49-45(34)51-29-38)55-22-20-53(21-23-55)30-35-12-16-47(2,3)27-41(35)33-4-6-36(48)7-5-33/h4-11,13,17,24-26,29,32,50H,12,14-16,18-23,27-28,30H2,1-3H3,(H,49,51)(H,52,58). The number of aromatic nitrogens is 2. The summed E-state index contributed by atoms with van der Waals surface area (Å²) in [4.78, 5) is 50.7. The molecule has 0 bridgehead atoms. The summed E-state index contributed by atoms with van der Waals surface area (Å²) >= 11 is 6.24. The Bertz CT molecular complexity index is 2700. The zero-order valence-electron chi connectivity index (χ0n) is 36.2. The smallest absolute Gasteiger partial charge is 0.293 e. The van der Waals surface area contributed by atoms with E-state index in [9.17, 15) is 28.1 Å². The number of nitrogens with zero attached hydrogens (tertiary/aromatic N) is 5. The van der Waals surface area contributed by atoms with Crippen molar-refractivity contribution in [2.75, 3.05) is 62.6 Å². The van der Waals surface area contributed by atoms with Crippen LogP contribution >= 0.6 is 11.6 Å². The number of piperidine rings is 1. The first-order valence-corrected chi connectivity index (χ1v) is 23.5. The molecule has 3 N–H and O–H groups in total. The Labute approximate surface area is 378 Å². The topological polar surface area (TPSA) is 183 Å². The molecule has 3 aromatic carbocycles. The van der Waals surface area contributed by atoms with Gasteiger partial charge in [0.1, 0.15) is 22.8 Å². The quantitative estimate of drug-likeness (QED) is 0.0761. The first-order chi connectivity index (χ1) is 30.6. The number of hydrogen-bond acceptors (Lipinski definition) is 11. The Balaban J connectivity index is 0.987. The van der Waals surface area contributed by atoms with E-state index in [2.05, 4.69) is 55.8 Å². The van der Waals surface area contributed by atoms with Crippen molar-refractivity contribution in [1.29, 1.82) is 0 Å². The summed E-state index contributed by atoms with van der Waals surface area (Å²) in [7, 11) is -4.59. The number of aromatic amines is 1. The maximum Gasteiger partial charge on any atom is 0.293 e. The number of likely N-dealkylation sites (tertiary alicyclic amines) is 1. The average molecular weight is 910 g/mol. The Kier molecular flexibility index (Phi) is 13.0. The van der Waals surface area contributed by atoms with Crippen LogP contribution in [0.25, 0.3) is 16.6 Å². The molecular weight excluding hydrogens is 856 g/mol. The minimum absolute atomic E-state index is 0.0147. The molecule has 2 aromatic heterocycles. The van der Waals surface area contributed by atoms with Gasteiger partial charge in [-0.05, 0) is 103 Å². The lowest BCUT2D eigenvalue weighted by molar-refractivity contribution is -0.384. The van der Waals surface area contributed by atoms with E-state index in [4.69, 9.17) is 16.3 Å². The molecule has 0 saturated carbocycles. The number of carbonyl (C=O) groups excluding carboxylic acids is 2. The second-order valence-electron chi connectivity index (χ2n) is 17.8. The van der Waals surface area contributed by atoms with Gasteiger partial charge in [-0.2, -0.15) is 0 Å². The van der Waals surface area contributed by atoms with Crippen molar-refractivity contribution >= 4 is 67.1 Å². The third-order valence-electron chi connectivity index (χ3n) is 12.7. The molecule has 8 rings (SSSR count). The molecule has 2 fully saturated rings. The lowest BCUT2D eigenvalue weighted by atomic mass is 9.72. The number of pyridine rings is 1. The van der Waals surface area contributed by atoms with E-state index in [1.807, 2.05) is 18.2 Å². The van der Waals surface area contributed by atoms with E-state index < -0.39 is 31.4 Å². The fourth-order valence-corrected chi connectivity index (χ4v) is 10.0. The van der Waals surface area contributed by atoms with E-state index in [-0.39, 0.29) is 34.2 Å². The molecule has 15 nitrogen and oxygen atoms in total. The summed E-state index contributed by atoms with van der Waals surface area (Å²) in [5.74, 6) is -0.316. The fraction of sp³-hybridized carbons (Fsp3) is 0.383. The molecule has 0 spiro atoms. The normalized spacial score (nSPS) is 17.4. The lowest BCUT2D eigenvalue weighted by Crippen LogP contribution is -2.47. The highest BCUT2D eigenvalue weighted by Crippen LogP contribution is 2.43. The van der Waals surface area contributed by atoms with Crippen molar-refractivity contribution in [2.45, 2.75) is 57.8 Å². The largest absolute Gasteiger partial charge is 0.455 e. The zero-order valence-corrected chi connectivity index (χ0v) is 37.8. The van der Waals surface area contributed by atoms with E-state index in [1.54, 1.807) is 29.3 Å².